The number of fused-ring (bicyclic) bond motifs is 2. The predicted molar refractivity (Wildman–Crippen MR) is 146 cm³/mol. The molecule has 0 saturated carbocycles. The molecule has 1 aliphatic heterocycles. The number of ether oxygens (including phenoxy) is 4. The molecule has 0 atom stereocenters. The predicted octanol–water partition coefficient (Wildman–Crippen LogP) is 5.62. The quantitative estimate of drug-likeness (QED) is 0.241. The molecule has 0 spiro atoms. The second-order valence-electron chi connectivity index (χ2n) is 9.44. The first-order valence-electron chi connectivity index (χ1n) is 13.0. The zero-order chi connectivity index (χ0) is 24.2. The molecule has 0 radical (unpaired) electrons. The van der Waals surface area contributed by atoms with Crippen LogP contribution in [0.25, 0.3) is 43.1 Å². The van der Waals surface area contributed by atoms with Crippen LogP contribution in [0, 0.1) is 0 Å². The van der Waals surface area contributed by atoms with Crippen molar-refractivity contribution in [2.24, 2.45) is 0 Å². The lowest BCUT2D eigenvalue weighted by Gasteiger charge is -2.24. The SMILES string of the molecule is c1cc2cccc3c4ccc(CN5CCOCCOCCOCCOCC5)c5cccc(c(c1)c23)c54. The summed E-state index contributed by atoms with van der Waals surface area (Å²) < 4.78 is 22.8. The molecule has 0 amide bonds. The minimum absolute atomic E-state index is 0.597. The summed E-state index contributed by atoms with van der Waals surface area (Å²) in [6.45, 7) is 7.52. The van der Waals surface area contributed by atoms with Gasteiger partial charge in [-0.25, -0.2) is 0 Å². The van der Waals surface area contributed by atoms with Crippen molar-refractivity contribution in [1.29, 1.82) is 0 Å². The van der Waals surface area contributed by atoms with E-state index in [1.54, 1.807) is 0 Å². The van der Waals surface area contributed by atoms with E-state index >= 15 is 0 Å². The summed E-state index contributed by atoms with van der Waals surface area (Å²) in [6, 6.07) is 24.7. The van der Waals surface area contributed by atoms with Gasteiger partial charge in [0.25, 0.3) is 0 Å². The molecule has 5 heteroatoms. The molecule has 6 rings (SSSR count). The number of rotatable bonds is 2. The highest BCUT2D eigenvalue weighted by atomic mass is 16.6. The number of hydrogen-bond donors (Lipinski definition) is 0. The molecule has 0 bridgehead atoms. The van der Waals surface area contributed by atoms with Crippen molar-refractivity contribution in [2.75, 3.05) is 65.9 Å². The fourth-order valence-corrected chi connectivity index (χ4v) is 5.50. The molecule has 186 valence electrons. The van der Waals surface area contributed by atoms with Gasteiger partial charge in [0.2, 0.25) is 0 Å². The minimum Gasteiger partial charge on any atom is -0.378 e. The van der Waals surface area contributed by atoms with Gasteiger partial charge < -0.3 is 18.9 Å². The zero-order valence-electron chi connectivity index (χ0n) is 20.7. The lowest BCUT2D eigenvalue weighted by atomic mass is 9.88. The fraction of sp³-hybridized carbons (Fsp3) is 0.355. The maximum Gasteiger partial charge on any atom is 0.0701 e. The monoisotopic (exact) mass is 483 g/mol. The summed E-state index contributed by atoms with van der Waals surface area (Å²) in [5.74, 6) is 0. The van der Waals surface area contributed by atoms with Gasteiger partial charge in [-0.05, 0) is 48.7 Å². The average Bonchev–Trinajstić information content (AvgIpc) is 2.92. The summed E-state index contributed by atoms with van der Waals surface area (Å²) in [5.41, 5.74) is 1.34. The third kappa shape index (κ3) is 4.77. The van der Waals surface area contributed by atoms with Crippen LogP contribution < -0.4 is 0 Å². The average molecular weight is 484 g/mol. The van der Waals surface area contributed by atoms with Crippen molar-refractivity contribution in [3.8, 4) is 0 Å². The van der Waals surface area contributed by atoms with Gasteiger partial charge in [0.15, 0.2) is 0 Å². The zero-order valence-corrected chi connectivity index (χ0v) is 20.7. The molecular weight excluding hydrogens is 450 g/mol. The molecule has 36 heavy (non-hydrogen) atoms. The van der Waals surface area contributed by atoms with E-state index in [2.05, 4.69) is 71.6 Å². The molecular formula is C31H33NO4. The Bertz CT molecular complexity index is 1380. The number of nitrogens with zero attached hydrogens (tertiary/aromatic N) is 1. The van der Waals surface area contributed by atoms with E-state index in [1.807, 2.05) is 0 Å². The molecule has 1 saturated heterocycles. The lowest BCUT2D eigenvalue weighted by Crippen LogP contribution is -2.31. The third-order valence-electron chi connectivity index (χ3n) is 7.23. The standard InChI is InChI=1S/C31H33NO4/c1-4-23-5-2-8-27-29-11-10-24(25-6-3-9-28(31(25)29)26(7-1)30(23)27)22-32-12-14-33-16-18-35-20-21-36-19-17-34-15-13-32/h1-11H,12-22H2. The van der Waals surface area contributed by atoms with E-state index in [0.29, 0.717) is 52.9 Å². The largest absolute Gasteiger partial charge is 0.378 e. The molecule has 1 fully saturated rings. The van der Waals surface area contributed by atoms with E-state index in [4.69, 9.17) is 18.9 Å². The van der Waals surface area contributed by atoms with Crippen molar-refractivity contribution in [3.05, 3.63) is 72.3 Å². The second-order valence-corrected chi connectivity index (χ2v) is 9.44. The van der Waals surface area contributed by atoms with Gasteiger partial charge in [0.1, 0.15) is 0 Å². The van der Waals surface area contributed by atoms with E-state index in [1.165, 1.54) is 48.7 Å². The van der Waals surface area contributed by atoms with Gasteiger partial charge in [0.05, 0.1) is 52.9 Å². The van der Waals surface area contributed by atoms with Crippen LogP contribution in [0.15, 0.2) is 66.7 Å². The Morgan fingerprint density at radius 2 is 0.944 bits per heavy atom. The summed E-state index contributed by atoms with van der Waals surface area (Å²) in [5, 5.41) is 10.7. The topological polar surface area (TPSA) is 40.2 Å². The number of benzene rings is 5. The molecule has 1 aliphatic rings. The van der Waals surface area contributed by atoms with Crippen LogP contribution in [0.4, 0.5) is 0 Å². The Balaban J connectivity index is 1.33. The second kappa shape index (κ2) is 11.1. The van der Waals surface area contributed by atoms with Gasteiger partial charge in [-0.3, -0.25) is 4.90 Å². The van der Waals surface area contributed by atoms with Crippen LogP contribution in [-0.4, -0.2) is 70.8 Å². The Hall–Kier alpha value is -2.80. The maximum atomic E-state index is 5.85. The lowest BCUT2D eigenvalue weighted by molar-refractivity contribution is 0.00206. The Morgan fingerprint density at radius 3 is 1.56 bits per heavy atom. The Morgan fingerprint density at radius 1 is 0.472 bits per heavy atom. The molecule has 0 unspecified atom stereocenters. The van der Waals surface area contributed by atoms with Crippen molar-refractivity contribution in [1.82, 2.24) is 4.90 Å². The van der Waals surface area contributed by atoms with Crippen molar-refractivity contribution < 1.29 is 18.9 Å². The molecule has 5 nitrogen and oxygen atoms in total. The molecule has 0 aliphatic carbocycles. The van der Waals surface area contributed by atoms with Crippen LogP contribution >= 0.6 is 0 Å². The first-order chi connectivity index (χ1) is 17.9. The maximum absolute atomic E-state index is 5.85. The Kier molecular flexibility index (Phi) is 7.26. The summed E-state index contributed by atoms with van der Waals surface area (Å²) in [4.78, 5) is 2.43. The minimum atomic E-state index is 0.597. The van der Waals surface area contributed by atoms with E-state index < -0.39 is 0 Å². The van der Waals surface area contributed by atoms with Gasteiger partial charge in [-0.2, -0.15) is 0 Å². The molecule has 1 heterocycles. The highest BCUT2D eigenvalue weighted by molar-refractivity contribution is 6.33. The number of hydrogen-bond acceptors (Lipinski definition) is 5. The molecule has 5 aromatic rings. The van der Waals surface area contributed by atoms with Crippen LogP contribution in [0.2, 0.25) is 0 Å². The summed E-state index contributed by atoms with van der Waals surface area (Å²) >= 11 is 0. The van der Waals surface area contributed by atoms with Crippen LogP contribution in [-0.2, 0) is 25.5 Å². The van der Waals surface area contributed by atoms with E-state index in [0.717, 1.165) is 19.6 Å². The van der Waals surface area contributed by atoms with E-state index in [-0.39, 0.29) is 0 Å². The van der Waals surface area contributed by atoms with Crippen molar-refractivity contribution in [3.63, 3.8) is 0 Å². The Labute approximate surface area is 211 Å². The third-order valence-corrected chi connectivity index (χ3v) is 7.23. The highest BCUT2D eigenvalue weighted by Gasteiger charge is 2.16. The van der Waals surface area contributed by atoms with Gasteiger partial charge in [-0.1, -0.05) is 66.7 Å². The van der Waals surface area contributed by atoms with Crippen molar-refractivity contribution in [2.45, 2.75) is 6.54 Å². The van der Waals surface area contributed by atoms with Crippen molar-refractivity contribution >= 4 is 43.1 Å². The van der Waals surface area contributed by atoms with Crippen LogP contribution in [0.3, 0.4) is 0 Å². The van der Waals surface area contributed by atoms with E-state index in [9.17, 15) is 0 Å². The molecule has 5 aromatic carbocycles. The first kappa shape index (κ1) is 23.6. The summed E-state index contributed by atoms with van der Waals surface area (Å²) in [7, 11) is 0. The fourth-order valence-electron chi connectivity index (χ4n) is 5.50. The normalized spacial score (nSPS) is 18.1. The highest BCUT2D eigenvalue weighted by Crippen LogP contribution is 2.41. The van der Waals surface area contributed by atoms with Gasteiger partial charge in [-0.15, -0.1) is 0 Å². The van der Waals surface area contributed by atoms with Gasteiger partial charge in [0, 0.05) is 19.6 Å². The van der Waals surface area contributed by atoms with Gasteiger partial charge >= 0.3 is 0 Å². The smallest absolute Gasteiger partial charge is 0.0701 e. The molecule has 0 N–H and O–H groups in total. The molecule has 0 aromatic heterocycles. The van der Waals surface area contributed by atoms with Crippen LogP contribution in [0.1, 0.15) is 5.56 Å². The first-order valence-corrected chi connectivity index (χ1v) is 13.0. The summed E-state index contributed by atoms with van der Waals surface area (Å²) in [6.07, 6.45) is 0. The van der Waals surface area contributed by atoms with Crippen LogP contribution in [0.5, 0.6) is 0 Å².